The third-order valence-electron chi connectivity index (χ3n) is 2.94. The van der Waals surface area contributed by atoms with Crippen LogP contribution in [0.2, 0.25) is 0 Å². The summed E-state index contributed by atoms with van der Waals surface area (Å²) in [4.78, 5) is 0. The molecule has 0 spiro atoms. The zero-order chi connectivity index (χ0) is 11.7. The highest BCUT2D eigenvalue weighted by Gasteiger charge is 2.31. The molecule has 0 aromatic rings. The maximum absolute atomic E-state index is 11.9. The molecule has 1 fully saturated rings. The van der Waals surface area contributed by atoms with E-state index in [1.807, 2.05) is 11.8 Å². The van der Waals surface area contributed by atoms with Crippen molar-refractivity contribution in [2.45, 2.75) is 38.0 Å². The highest BCUT2D eigenvalue weighted by atomic mass is 32.2. The second kappa shape index (κ2) is 4.63. The van der Waals surface area contributed by atoms with Gasteiger partial charge in [0.05, 0.1) is 10.5 Å². The van der Waals surface area contributed by atoms with Crippen molar-refractivity contribution in [3.05, 3.63) is 0 Å². The number of thioether (sulfide) groups is 1. The van der Waals surface area contributed by atoms with Gasteiger partial charge in [-0.2, -0.15) is 11.8 Å². The maximum Gasteiger partial charge on any atom is 0.155 e. The van der Waals surface area contributed by atoms with E-state index < -0.39 is 14.6 Å². The van der Waals surface area contributed by atoms with Crippen LogP contribution in [0.1, 0.15) is 27.2 Å². The summed E-state index contributed by atoms with van der Waals surface area (Å²) in [5.74, 6) is 2.64. The first-order valence-electron chi connectivity index (χ1n) is 5.29. The monoisotopic (exact) mass is 251 g/mol. The number of hydrogen-bond donors (Lipinski definition) is 1. The third kappa shape index (κ3) is 3.36. The number of sulfone groups is 1. The van der Waals surface area contributed by atoms with Crippen LogP contribution in [0.15, 0.2) is 0 Å². The Morgan fingerprint density at radius 3 is 2.33 bits per heavy atom. The Balaban J connectivity index is 2.50. The Kier molecular flexibility index (Phi) is 4.12. The second-order valence-corrected chi connectivity index (χ2v) is 9.12. The Morgan fingerprint density at radius 2 is 1.93 bits per heavy atom. The third-order valence-corrected chi connectivity index (χ3v) is 6.86. The summed E-state index contributed by atoms with van der Waals surface area (Å²) < 4.78 is 23.1. The summed E-state index contributed by atoms with van der Waals surface area (Å²) in [7, 11) is -2.97. The summed E-state index contributed by atoms with van der Waals surface area (Å²) in [6, 6.07) is 0.185. The van der Waals surface area contributed by atoms with Gasteiger partial charge in [0.25, 0.3) is 0 Å². The maximum atomic E-state index is 11.9. The molecule has 1 saturated heterocycles. The van der Waals surface area contributed by atoms with Crippen LogP contribution in [-0.4, -0.2) is 36.5 Å². The molecule has 1 aliphatic heterocycles. The van der Waals surface area contributed by atoms with Gasteiger partial charge in [-0.15, -0.1) is 0 Å². The van der Waals surface area contributed by atoms with Crippen molar-refractivity contribution in [2.24, 2.45) is 11.7 Å². The summed E-state index contributed by atoms with van der Waals surface area (Å²) in [6.07, 6.45) is 0.716. The quantitative estimate of drug-likeness (QED) is 0.821. The largest absolute Gasteiger partial charge is 0.327 e. The molecule has 0 saturated carbocycles. The van der Waals surface area contributed by atoms with Gasteiger partial charge in [0.1, 0.15) is 0 Å². The average Bonchev–Trinajstić information content (AvgIpc) is 2.46. The molecular formula is C10H21NO2S2. The van der Waals surface area contributed by atoms with E-state index in [1.54, 1.807) is 20.8 Å². The van der Waals surface area contributed by atoms with Crippen LogP contribution in [0.4, 0.5) is 0 Å². The van der Waals surface area contributed by atoms with Gasteiger partial charge in [0, 0.05) is 11.8 Å². The summed E-state index contributed by atoms with van der Waals surface area (Å²) in [6.45, 7) is 5.27. The molecule has 0 radical (unpaired) electrons. The molecule has 90 valence electrons. The van der Waals surface area contributed by atoms with Gasteiger partial charge in [-0.25, -0.2) is 8.42 Å². The van der Waals surface area contributed by atoms with Crippen LogP contribution in [-0.2, 0) is 9.84 Å². The van der Waals surface area contributed by atoms with E-state index in [0.29, 0.717) is 12.3 Å². The minimum Gasteiger partial charge on any atom is -0.327 e. The molecule has 0 aliphatic carbocycles. The summed E-state index contributed by atoms with van der Waals surface area (Å²) >= 11 is 1.83. The first-order valence-corrected chi connectivity index (χ1v) is 8.10. The lowest BCUT2D eigenvalue weighted by atomic mass is 10.0. The summed E-state index contributed by atoms with van der Waals surface area (Å²) in [5.41, 5.74) is 5.90. The van der Waals surface area contributed by atoms with E-state index in [1.165, 1.54) is 0 Å². The highest BCUT2D eigenvalue weighted by molar-refractivity contribution is 7.99. The van der Waals surface area contributed by atoms with Crippen molar-refractivity contribution >= 4 is 21.6 Å². The van der Waals surface area contributed by atoms with E-state index in [9.17, 15) is 8.42 Å². The minimum absolute atomic E-state index is 0.185. The Morgan fingerprint density at radius 1 is 1.33 bits per heavy atom. The molecule has 5 heteroatoms. The molecule has 15 heavy (non-hydrogen) atoms. The molecule has 1 aliphatic rings. The van der Waals surface area contributed by atoms with Crippen molar-refractivity contribution < 1.29 is 8.42 Å². The topological polar surface area (TPSA) is 60.2 Å². The van der Waals surface area contributed by atoms with Gasteiger partial charge in [-0.05, 0) is 38.9 Å². The van der Waals surface area contributed by atoms with E-state index in [2.05, 4.69) is 0 Å². The lowest BCUT2D eigenvalue weighted by molar-refractivity contribution is 0.491. The Labute approximate surface area is 97.1 Å². The van der Waals surface area contributed by atoms with Crippen LogP contribution < -0.4 is 5.73 Å². The standard InChI is InChI=1S/C10H21NO2S2/c1-10(2,3)15(12,13)5-4-8-6-14-7-9(8)11/h8-9H,4-7,11H2,1-3H3. The molecule has 2 atom stereocenters. The van der Waals surface area contributed by atoms with Gasteiger partial charge >= 0.3 is 0 Å². The lowest BCUT2D eigenvalue weighted by Crippen LogP contribution is -2.34. The Bertz CT molecular complexity index is 306. The molecule has 2 unspecified atom stereocenters. The van der Waals surface area contributed by atoms with E-state index in [-0.39, 0.29) is 11.8 Å². The predicted molar refractivity (Wildman–Crippen MR) is 66.9 cm³/mol. The molecule has 0 amide bonds. The van der Waals surface area contributed by atoms with E-state index in [0.717, 1.165) is 11.5 Å². The van der Waals surface area contributed by atoms with Crippen LogP contribution in [0.25, 0.3) is 0 Å². The average molecular weight is 251 g/mol. The first-order chi connectivity index (χ1) is 6.74. The SMILES string of the molecule is CC(C)(C)S(=O)(=O)CCC1CSCC1N. The van der Waals surface area contributed by atoms with Crippen LogP contribution in [0.5, 0.6) is 0 Å². The van der Waals surface area contributed by atoms with E-state index >= 15 is 0 Å². The first kappa shape index (κ1) is 13.3. The predicted octanol–water partition coefficient (Wildman–Crippen LogP) is 1.28. The van der Waals surface area contributed by atoms with Crippen molar-refractivity contribution in [1.82, 2.24) is 0 Å². The zero-order valence-corrected chi connectivity index (χ0v) is 11.3. The normalized spacial score (nSPS) is 28.3. The fourth-order valence-electron chi connectivity index (χ4n) is 1.53. The molecular weight excluding hydrogens is 230 g/mol. The molecule has 1 heterocycles. The van der Waals surface area contributed by atoms with Crippen molar-refractivity contribution in [3.63, 3.8) is 0 Å². The summed E-state index contributed by atoms with van der Waals surface area (Å²) in [5, 5.41) is 0. The molecule has 0 aromatic carbocycles. The molecule has 3 nitrogen and oxygen atoms in total. The minimum atomic E-state index is -2.97. The van der Waals surface area contributed by atoms with Crippen LogP contribution in [0, 0.1) is 5.92 Å². The number of hydrogen-bond acceptors (Lipinski definition) is 4. The van der Waals surface area contributed by atoms with Crippen molar-refractivity contribution in [3.8, 4) is 0 Å². The van der Waals surface area contributed by atoms with Crippen LogP contribution >= 0.6 is 11.8 Å². The van der Waals surface area contributed by atoms with Gasteiger partial charge in [0.2, 0.25) is 0 Å². The fourth-order valence-corrected chi connectivity index (χ4v) is 4.15. The van der Waals surface area contributed by atoms with Crippen molar-refractivity contribution in [2.75, 3.05) is 17.3 Å². The smallest absolute Gasteiger partial charge is 0.155 e. The van der Waals surface area contributed by atoms with Gasteiger partial charge in [0.15, 0.2) is 9.84 Å². The molecule has 2 N–H and O–H groups in total. The number of rotatable bonds is 3. The zero-order valence-electron chi connectivity index (χ0n) is 9.69. The van der Waals surface area contributed by atoms with Gasteiger partial charge in [-0.1, -0.05) is 0 Å². The highest BCUT2D eigenvalue weighted by Crippen LogP contribution is 2.27. The molecule has 0 aromatic heterocycles. The Hall–Kier alpha value is 0.260. The number of nitrogens with two attached hydrogens (primary N) is 1. The molecule has 1 rings (SSSR count). The van der Waals surface area contributed by atoms with Crippen molar-refractivity contribution in [1.29, 1.82) is 0 Å². The lowest BCUT2D eigenvalue weighted by Gasteiger charge is -2.21. The van der Waals surface area contributed by atoms with Gasteiger partial charge in [-0.3, -0.25) is 0 Å². The van der Waals surface area contributed by atoms with Gasteiger partial charge < -0.3 is 5.73 Å². The second-order valence-electron chi connectivity index (χ2n) is 5.18. The van der Waals surface area contributed by atoms with Crippen LogP contribution in [0.3, 0.4) is 0 Å². The fraction of sp³-hybridized carbons (Fsp3) is 1.00. The van der Waals surface area contributed by atoms with E-state index in [4.69, 9.17) is 5.73 Å². The molecule has 0 bridgehead atoms.